The average molecular weight is 221 g/mol. The van der Waals surface area contributed by atoms with Crippen LogP contribution in [0.5, 0.6) is 0 Å². The number of hydrogen-bond acceptors (Lipinski definition) is 4. The minimum Gasteiger partial charge on any atom is -0.444 e. The highest BCUT2D eigenvalue weighted by Crippen LogP contribution is 2.14. The number of nitrogens with zero attached hydrogens (tertiary/aromatic N) is 2. The Morgan fingerprint density at radius 1 is 1.38 bits per heavy atom. The van der Waals surface area contributed by atoms with E-state index in [1.165, 1.54) is 19.3 Å². The molecule has 0 radical (unpaired) electrons. The summed E-state index contributed by atoms with van der Waals surface area (Å²) in [7, 11) is 0. The van der Waals surface area contributed by atoms with Crippen molar-refractivity contribution in [2.45, 2.75) is 45.6 Å². The number of hydrogen-bond donors (Lipinski definition) is 1. The fourth-order valence-corrected chi connectivity index (χ4v) is 1.88. The summed E-state index contributed by atoms with van der Waals surface area (Å²) >= 11 is 0. The van der Waals surface area contributed by atoms with Gasteiger partial charge >= 0.3 is 0 Å². The van der Waals surface area contributed by atoms with E-state index < -0.39 is 0 Å². The molecule has 0 bridgehead atoms. The van der Waals surface area contributed by atoms with Gasteiger partial charge in [-0.2, -0.15) is 0 Å². The third-order valence-electron chi connectivity index (χ3n) is 2.77. The molecule has 1 atom stereocenters. The van der Waals surface area contributed by atoms with E-state index in [0.717, 1.165) is 30.5 Å². The second-order valence-corrected chi connectivity index (χ2v) is 4.31. The molecule has 1 N–H and O–H groups in total. The summed E-state index contributed by atoms with van der Waals surface area (Å²) in [6, 6.07) is 0.102. The molecule has 0 fully saturated rings. The summed E-state index contributed by atoms with van der Waals surface area (Å²) in [5, 5.41) is 3.38. The van der Waals surface area contributed by atoms with Crippen LogP contribution in [0.2, 0.25) is 0 Å². The first kappa shape index (κ1) is 11.2. The second kappa shape index (κ2) is 5.14. The predicted molar refractivity (Wildman–Crippen MR) is 63.6 cm³/mol. The van der Waals surface area contributed by atoms with Crippen molar-refractivity contribution >= 4 is 5.84 Å². The minimum atomic E-state index is 0.102. The summed E-state index contributed by atoms with van der Waals surface area (Å²) in [4.78, 5) is 8.75. The number of amidine groups is 1. The fourth-order valence-electron chi connectivity index (χ4n) is 1.88. The van der Waals surface area contributed by atoms with Gasteiger partial charge in [-0.3, -0.25) is 4.99 Å². The first-order valence-corrected chi connectivity index (χ1v) is 5.98. The molecule has 2 rings (SSSR count). The minimum absolute atomic E-state index is 0.102. The number of nitrogens with one attached hydrogen (secondary N) is 1. The van der Waals surface area contributed by atoms with Crippen LogP contribution in [-0.2, 0) is 0 Å². The smallest absolute Gasteiger partial charge is 0.216 e. The molecule has 1 aromatic rings. The molecule has 2 heterocycles. The van der Waals surface area contributed by atoms with Gasteiger partial charge in [-0.05, 0) is 26.7 Å². The molecule has 0 saturated heterocycles. The predicted octanol–water partition coefficient (Wildman–Crippen LogP) is 2.61. The van der Waals surface area contributed by atoms with E-state index in [1.807, 2.05) is 6.92 Å². The zero-order valence-corrected chi connectivity index (χ0v) is 9.99. The number of aromatic nitrogens is 1. The molecule has 0 spiro atoms. The van der Waals surface area contributed by atoms with Crippen LogP contribution in [0.3, 0.4) is 0 Å². The molecule has 1 aliphatic heterocycles. The normalized spacial score (nSPS) is 18.8. The van der Waals surface area contributed by atoms with Crippen molar-refractivity contribution in [2.24, 2.45) is 4.99 Å². The standard InChI is InChI=1S/C12H19N3O/c1-9-8-14-12(16-9)10(2)15-11-6-4-3-5-7-13-11/h8,10H,3-7H2,1-2H3,(H,13,15). The van der Waals surface area contributed by atoms with Crippen molar-refractivity contribution in [3.63, 3.8) is 0 Å². The quantitative estimate of drug-likeness (QED) is 0.835. The Balaban J connectivity index is 1.95. The molecular formula is C12H19N3O. The zero-order valence-electron chi connectivity index (χ0n) is 9.99. The van der Waals surface area contributed by atoms with Crippen LogP contribution in [0.1, 0.15) is 50.3 Å². The van der Waals surface area contributed by atoms with Crippen molar-refractivity contribution in [3.8, 4) is 0 Å². The first-order valence-electron chi connectivity index (χ1n) is 5.98. The second-order valence-electron chi connectivity index (χ2n) is 4.31. The van der Waals surface area contributed by atoms with Crippen LogP contribution < -0.4 is 5.32 Å². The van der Waals surface area contributed by atoms with Gasteiger partial charge in [0.2, 0.25) is 5.89 Å². The van der Waals surface area contributed by atoms with Gasteiger partial charge in [0.05, 0.1) is 12.0 Å². The van der Waals surface area contributed by atoms with Gasteiger partial charge in [-0.25, -0.2) is 4.98 Å². The van der Waals surface area contributed by atoms with E-state index in [9.17, 15) is 0 Å². The Hall–Kier alpha value is -1.32. The number of aliphatic imine (C=N–C) groups is 1. The summed E-state index contributed by atoms with van der Waals surface area (Å²) < 4.78 is 5.49. The summed E-state index contributed by atoms with van der Waals surface area (Å²) in [5.74, 6) is 2.69. The third-order valence-corrected chi connectivity index (χ3v) is 2.77. The Bertz CT molecular complexity index is 370. The molecular weight excluding hydrogens is 202 g/mol. The summed E-state index contributed by atoms with van der Waals surface area (Å²) in [6.07, 6.45) is 6.51. The SMILES string of the molecule is Cc1cnc(C(C)NC2=NCCCCC2)o1. The lowest BCUT2D eigenvalue weighted by molar-refractivity contribution is 0.428. The summed E-state index contributed by atoms with van der Waals surface area (Å²) in [6.45, 7) is 4.91. The average Bonchev–Trinajstić information content (AvgIpc) is 2.54. The van der Waals surface area contributed by atoms with Gasteiger partial charge in [0, 0.05) is 13.0 Å². The molecule has 1 aliphatic rings. The Kier molecular flexibility index (Phi) is 3.59. The number of aryl methyl sites for hydroxylation is 1. The molecule has 0 aromatic carbocycles. The maximum atomic E-state index is 5.49. The highest BCUT2D eigenvalue weighted by atomic mass is 16.4. The topological polar surface area (TPSA) is 50.4 Å². The van der Waals surface area contributed by atoms with Gasteiger partial charge in [-0.1, -0.05) is 6.42 Å². The van der Waals surface area contributed by atoms with Gasteiger partial charge in [0.15, 0.2) is 0 Å². The van der Waals surface area contributed by atoms with Crippen molar-refractivity contribution in [1.29, 1.82) is 0 Å². The fraction of sp³-hybridized carbons (Fsp3) is 0.667. The van der Waals surface area contributed by atoms with Crippen molar-refractivity contribution in [1.82, 2.24) is 10.3 Å². The molecule has 4 nitrogen and oxygen atoms in total. The Labute approximate surface area is 96.2 Å². The summed E-state index contributed by atoms with van der Waals surface area (Å²) in [5.41, 5.74) is 0. The van der Waals surface area contributed by atoms with Gasteiger partial charge < -0.3 is 9.73 Å². The van der Waals surface area contributed by atoms with Crippen molar-refractivity contribution in [3.05, 3.63) is 17.8 Å². The van der Waals surface area contributed by atoms with E-state index in [2.05, 4.69) is 22.2 Å². The van der Waals surface area contributed by atoms with Crippen LogP contribution in [0, 0.1) is 6.92 Å². The molecule has 16 heavy (non-hydrogen) atoms. The van der Waals surface area contributed by atoms with E-state index in [4.69, 9.17) is 4.42 Å². The zero-order chi connectivity index (χ0) is 11.4. The van der Waals surface area contributed by atoms with E-state index in [1.54, 1.807) is 6.20 Å². The van der Waals surface area contributed by atoms with E-state index in [-0.39, 0.29) is 6.04 Å². The largest absolute Gasteiger partial charge is 0.444 e. The Morgan fingerprint density at radius 3 is 3.00 bits per heavy atom. The maximum absolute atomic E-state index is 5.49. The third kappa shape index (κ3) is 2.84. The molecule has 0 saturated carbocycles. The molecule has 4 heteroatoms. The number of rotatable bonds is 2. The lowest BCUT2D eigenvalue weighted by atomic mass is 10.2. The van der Waals surface area contributed by atoms with Gasteiger partial charge in [0.25, 0.3) is 0 Å². The van der Waals surface area contributed by atoms with Crippen molar-refractivity contribution < 1.29 is 4.42 Å². The van der Waals surface area contributed by atoms with Gasteiger partial charge in [-0.15, -0.1) is 0 Å². The van der Waals surface area contributed by atoms with E-state index >= 15 is 0 Å². The van der Waals surface area contributed by atoms with Crippen molar-refractivity contribution in [2.75, 3.05) is 6.54 Å². The lowest BCUT2D eigenvalue weighted by Crippen LogP contribution is -2.26. The highest BCUT2D eigenvalue weighted by molar-refractivity contribution is 5.82. The lowest BCUT2D eigenvalue weighted by Gasteiger charge is -2.13. The monoisotopic (exact) mass is 221 g/mol. The first-order chi connectivity index (χ1) is 7.75. The molecule has 0 aliphatic carbocycles. The Morgan fingerprint density at radius 2 is 2.25 bits per heavy atom. The maximum Gasteiger partial charge on any atom is 0.216 e. The van der Waals surface area contributed by atoms with Crippen LogP contribution in [0.25, 0.3) is 0 Å². The van der Waals surface area contributed by atoms with Crippen LogP contribution in [0.15, 0.2) is 15.6 Å². The molecule has 88 valence electrons. The van der Waals surface area contributed by atoms with Crippen LogP contribution >= 0.6 is 0 Å². The van der Waals surface area contributed by atoms with E-state index in [0.29, 0.717) is 0 Å². The molecule has 1 aromatic heterocycles. The van der Waals surface area contributed by atoms with Gasteiger partial charge in [0.1, 0.15) is 11.8 Å². The van der Waals surface area contributed by atoms with Crippen LogP contribution in [0.4, 0.5) is 0 Å². The van der Waals surface area contributed by atoms with Crippen LogP contribution in [-0.4, -0.2) is 17.4 Å². The number of oxazole rings is 1. The molecule has 0 amide bonds. The molecule has 1 unspecified atom stereocenters. The highest BCUT2D eigenvalue weighted by Gasteiger charge is 2.13.